The van der Waals surface area contributed by atoms with E-state index >= 15 is 0 Å². The van der Waals surface area contributed by atoms with E-state index in [0.29, 0.717) is 19.6 Å². The number of rotatable bonds is 29. The molecule has 0 aromatic heterocycles. The summed E-state index contributed by atoms with van der Waals surface area (Å²) < 4.78 is 33.2. The maximum absolute atomic E-state index is 11.9. The lowest BCUT2D eigenvalue weighted by Crippen LogP contribution is -2.26. The molecule has 0 heterocycles. The van der Waals surface area contributed by atoms with Crippen LogP contribution in [0.1, 0.15) is 110 Å². The van der Waals surface area contributed by atoms with E-state index in [-0.39, 0.29) is 32.8 Å². The molecule has 2 unspecified atom stereocenters. The minimum atomic E-state index is -4.18. The summed E-state index contributed by atoms with van der Waals surface area (Å²) in [4.78, 5) is 20.4. The Hall–Kier alpha value is -0.540. The van der Waals surface area contributed by atoms with Gasteiger partial charge in [-0.15, -0.1) is 0 Å². The quantitative estimate of drug-likeness (QED) is 0.0765. The van der Waals surface area contributed by atoms with Crippen molar-refractivity contribution in [3.8, 4) is 0 Å². The van der Waals surface area contributed by atoms with E-state index in [1.165, 1.54) is 77.0 Å². The third-order valence-electron chi connectivity index (χ3n) is 5.86. The predicted molar refractivity (Wildman–Crippen MR) is 143 cm³/mol. The third kappa shape index (κ3) is 26.5. The molecule has 0 fully saturated rings. The van der Waals surface area contributed by atoms with E-state index in [9.17, 15) is 14.3 Å². The van der Waals surface area contributed by atoms with Gasteiger partial charge in [0.25, 0.3) is 0 Å². The van der Waals surface area contributed by atoms with Crippen LogP contribution in [0.25, 0.3) is 0 Å². The fourth-order valence-electron chi connectivity index (χ4n) is 3.71. The summed E-state index contributed by atoms with van der Waals surface area (Å²) in [6.45, 7) is 3.56. The maximum Gasteiger partial charge on any atom is 0.472 e. The summed E-state index contributed by atoms with van der Waals surface area (Å²) in [6, 6.07) is 0. The Labute approximate surface area is 219 Å². The molecule has 0 aliphatic carbocycles. The lowest BCUT2D eigenvalue weighted by molar-refractivity contribution is -0.137. The Bertz CT molecular complexity index is 538. The monoisotopic (exact) mass is 539 g/mol. The number of hydrogen-bond acceptors (Lipinski definition) is 7. The molecular formula is C26H54NO8P. The van der Waals surface area contributed by atoms with Crippen LogP contribution in [0.4, 0.5) is 0 Å². The molecule has 0 saturated heterocycles. The van der Waals surface area contributed by atoms with Gasteiger partial charge >= 0.3 is 13.8 Å². The molecular weight excluding hydrogens is 485 g/mol. The molecule has 0 aromatic carbocycles. The number of unbranched alkanes of at least 4 members (excludes halogenated alkanes) is 13. The van der Waals surface area contributed by atoms with E-state index in [1.807, 2.05) is 0 Å². The van der Waals surface area contributed by atoms with Crippen LogP contribution in [0.15, 0.2) is 0 Å². The first kappa shape index (κ1) is 35.5. The van der Waals surface area contributed by atoms with Gasteiger partial charge in [-0.3, -0.25) is 13.8 Å². The summed E-state index contributed by atoms with van der Waals surface area (Å²) in [5.41, 5.74) is 0. The Morgan fingerprint density at radius 3 is 1.86 bits per heavy atom. The van der Waals surface area contributed by atoms with Crippen LogP contribution in [0.5, 0.6) is 0 Å². The molecule has 0 saturated carbocycles. The molecule has 0 radical (unpaired) electrons. The van der Waals surface area contributed by atoms with Gasteiger partial charge in [-0.25, -0.2) is 4.57 Å². The minimum Gasteiger partial charge on any atom is -0.481 e. The predicted octanol–water partition coefficient (Wildman–Crippen LogP) is 6.09. The first-order valence-electron chi connectivity index (χ1n) is 14.1. The van der Waals surface area contributed by atoms with E-state index in [2.05, 4.69) is 12.2 Å². The third-order valence-corrected chi connectivity index (χ3v) is 6.85. The summed E-state index contributed by atoms with van der Waals surface area (Å²) >= 11 is 0. The van der Waals surface area contributed by atoms with Crippen molar-refractivity contribution in [3.63, 3.8) is 0 Å². The molecule has 0 rings (SSSR count). The van der Waals surface area contributed by atoms with Crippen molar-refractivity contribution in [1.82, 2.24) is 5.32 Å². The number of phosphoric acid groups is 1. The highest BCUT2D eigenvalue weighted by atomic mass is 31.2. The fraction of sp³-hybridized carbons (Fsp3) is 0.962. The highest BCUT2D eigenvalue weighted by Crippen LogP contribution is 2.43. The summed E-state index contributed by atoms with van der Waals surface area (Å²) in [5.74, 6) is -0.891. The molecule has 2 atom stereocenters. The normalized spacial score (nSPS) is 14.1. The molecule has 3 N–H and O–H groups in total. The number of hydrogen-bond donors (Lipinski definition) is 3. The summed E-state index contributed by atoms with van der Waals surface area (Å²) in [7, 11) is -2.47. The highest BCUT2D eigenvalue weighted by Gasteiger charge is 2.23. The first-order chi connectivity index (χ1) is 17.4. The van der Waals surface area contributed by atoms with Crippen molar-refractivity contribution in [2.24, 2.45) is 0 Å². The lowest BCUT2D eigenvalue weighted by Gasteiger charge is -2.20. The van der Waals surface area contributed by atoms with Crippen LogP contribution >= 0.6 is 7.82 Å². The Kier molecular flexibility index (Phi) is 25.7. The van der Waals surface area contributed by atoms with Gasteiger partial charge in [0, 0.05) is 26.2 Å². The standard InChI is InChI=1S/C26H54NO8P/c1-3-4-5-6-7-8-9-10-11-12-13-14-15-16-20-32-23-25(33-21-17-18-26(28)29)24-35-36(30,31)34-22-19-27-2/h25,27H,3-24H2,1-2H3,(H,28,29)(H,30,31). The zero-order valence-corrected chi connectivity index (χ0v) is 23.8. The first-order valence-corrected chi connectivity index (χ1v) is 15.6. The summed E-state index contributed by atoms with van der Waals surface area (Å²) in [5, 5.41) is 11.6. The van der Waals surface area contributed by atoms with Gasteiger partial charge < -0.3 is 24.8 Å². The second kappa shape index (κ2) is 26.1. The van der Waals surface area contributed by atoms with Crippen LogP contribution in [0, 0.1) is 0 Å². The largest absolute Gasteiger partial charge is 0.481 e. The van der Waals surface area contributed by atoms with Crippen molar-refractivity contribution < 1.29 is 37.9 Å². The van der Waals surface area contributed by atoms with Crippen LogP contribution in [0.3, 0.4) is 0 Å². The lowest BCUT2D eigenvalue weighted by atomic mass is 10.0. The van der Waals surface area contributed by atoms with Gasteiger partial charge in [-0.1, -0.05) is 90.4 Å². The number of carboxylic acids is 1. The number of aliphatic carboxylic acids is 1. The zero-order chi connectivity index (χ0) is 26.7. The van der Waals surface area contributed by atoms with Crippen LogP contribution in [0.2, 0.25) is 0 Å². The second-order valence-electron chi connectivity index (χ2n) is 9.36. The molecule has 0 spiro atoms. The number of carboxylic acid groups (broad SMARTS) is 1. The maximum atomic E-state index is 11.9. The topological polar surface area (TPSA) is 124 Å². The van der Waals surface area contributed by atoms with E-state index < -0.39 is 19.9 Å². The zero-order valence-electron chi connectivity index (χ0n) is 22.9. The summed E-state index contributed by atoms with van der Waals surface area (Å²) in [6.07, 6.45) is 17.9. The van der Waals surface area contributed by atoms with Gasteiger partial charge in [0.15, 0.2) is 0 Å². The van der Waals surface area contributed by atoms with Gasteiger partial charge in [-0.2, -0.15) is 0 Å². The van der Waals surface area contributed by atoms with E-state index in [0.717, 1.165) is 12.8 Å². The van der Waals surface area contributed by atoms with Crippen LogP contribution in [-0.4, -0.2) is 68.7 Å². The minimum absolute atomic E-state index is 0.000889. The second-order valence-corrected chi connectivity index (χ2v) is 10.8. The number of likely N-dealkylation sites (N-methyl/N-ethyl adjacent to an activating group) is 1. The van der Waals surface area contributed by atoms with Crippen molar-refractivity contribution in [2.75, 3.05) is 46.6 Å². The van der Waals surface area contributed by atoms with Crippen LogP contribution in [-0.2, 0) is 27.9 Å². The number of carbonyl (C=O) groups is 1. The molecule has 216 valence electrons. The number of nitrogens with one attached hydrogen (secondary N) is 1. The van der Waals surface area contributed by atoms with Crippen LogP contribution < -0.4 is 5.32 Å². The average Bonchev–Trinajstić information content (AvgIpc) is 2.84. The van der Waals surface area contributed by atoms with Crippen molar-refractivity contribution in [1.29, 1.82) is 0 Å². The molecule has 0 amide bonds. The number of phosphoric ester groups is 1. The molecule has 0 aromatic rings. The van der Waals surface area contributed by atoms with Gasteiger partial charge in [0.05, 0.1) is 19.8 Å². The number of ether oxygens (including phenoxy) is 2. The van der Waals surface area contributed by atoms with Gasteiger partial charge in [-0.05, 0) is 19.9 Å². The van der Waals surface area contributed by atoms with Crippen molar-refractivity contribution >= 4 is 13.8 Å². The fourth-order valence-corrected chi connectivity index (χ4v) is 4.46. The van der Waals surface area contributed by atoms with E-state index in [1.54, 1.807) is 7.05 Å². The molecule has 9 nitrogen and oxygen atoms in total. The van der Waals surface area contributed by atoms with Crippen molar-refractivity contribution in [2.45, 2.75) is 116 Å². The Morgan fingerprint density at radius 1 is 0.778 bits per heavy atom. The van der Waals surface area contributed by atoms with Gasteiger partial charge in [0.2, 0.25) is 0 Å². The average molecular weight is 540 g/mol. The molecule has 36 heavy (non-hydrogen) atoms. The molecule has 0 bridgehead atoms. The van der Waals surface area contributed by atoms with Crippen molar-refractivity contribution in [3.05, 3.63) is 0 Å². The SMILES string of the molecule is CCCCCCCCCCCCCCCCOCC(COP(=O)(O)OCCNC)OCCCC(=O)O. The Balaban J connectivity index is 3.86. The van der Waals surface area contributed by atoms with E-state index in [4.69, 9.17) is 23.6 Å². The van der Waals surface area contributed by atoms with Gasteiger partial charge in [0.1, 0.15) is 6.10 Å². The molecule has 0 aliphatic heterocycles. The molecule has 10 heteroatoms. The molecule has 0 aliphatic rings. The smallest absolute Gasteiger partial charge is 0.472 e. The highest BCUT2D eigenvalue weighted by molar-refractivity contribution is 7.47. The Morgan fingerprint density at radius 2 is 1.33 bits per heavy atom.